The summed E-state index contributed by atoms with van der Waals surface area (Å²) in [6.45, 7) is 0. The summed E-state index contributed by atoms with van der Waals surface area (Å²) in [5.74, 6) is 0.514. The number of nitrogens with one attached hydrogen (secondary N) is 3. The van der Waals surface area contributed by atoms with Crippen molar-refractivity contribution < 1.29 is 4.79 Å². The highest BCUT2D eigenvalue weighted by Crippen LogP contribution is 2.48. The molecule has 1 fully saturated rings. The first-order valence-electron chi connectivity index (χ1n) is 8.69. The molecule has 2 aromatic carbocycles. The maximum absolute atomic E-state index is 12.6. The number of hydrogen-bond donors (Lipinski definition) is 3. The molecule has 3 unspecified atom stereocenters. The molecule has 2 heterocycles. The van der Waals surface area contributed by atoms with Crippen LogP contribution in [-0.2, 0) is 4.79 Å². The highest BCUT2D eigenvalue weighted by atomic mass is 32.1. The van der Waals surface area contributed by atoms with Crippen LogP contribution in [-0.4, -0.2) is 10.9 Å². The number of hydrogen-bond acceptors (Lipinski definition) is 5. The van der Waals surface area contributed by atoms with E-state index in [0.717, 1.165) is 29.2 Å². The second kappa shape index (κ2) is 6.14. The van der Waals surface area contributed by atoms with E-state index >= 15 is 0 Å². The number of anilines is 3. The summed E-state index contributed by atoms with van der Waals surface area (Å²) in [6, 6.07) is 16.2. The molecular weight excluding hydrogens is 344 g/mol. The number of carbonyl (C=O) groups is 1. The molecule has 3 N–H and O–H groups in total. The van der Waals surface area contributed by atoms with Crippen molar-refractivity contribution in [1.82, 2.24) is 4.98 Å². The quantitative estimate of drug-likeness (QED) is 0.643. The summed E-state index contributed by atoms with van der Waals surface area (Å²) in [7, 11) is 0. The molecule has 5 rings (SSSR count). The lowest BCUT2D eigenvalue weighted by Gasteiger charge is -2.08. The lowest BCUT2D eigenvalue weighted by atomic mass is 10.1. The van der Waals surface area contributed by atoms with Crippen LogP contribution in [0.3, 0.4) is 0 Å². The summed E-state index contributed by atoms with van der Waals surface area (Å²) in [4.78, 5) is 16.9. The first-order chi connectivity index (χ1) is 12.8. The smallest absolute Gasteiger partial charge is 0.228 e. The second-order valence-electron chi connectivity index (χ2n) is 6.74. The van der Waals surface area contributed by atoms with Gasteiger partial charge in [-0.3, -0.25) is 4.79 Å². The van der Waals surface area contributed by atoms with Gasteiger partial charge in [0.05, 0.1) is 22.6 Å². The van der Waals surface area contributed by atoms with Gasteiger partial charge in [0.25, 0.3) is 0 Å². The van der Waals surface area contributed by atoms with Gasteiger partial charge in [0.1, 0.15) is 6.17 Å². The van der Waals surface area contributed by atoms with Gasteiger partial charge in [0.15, 0.2) is 0 Å². The van der Waals surface area contributed by atoms with Gasteiger partial charge in [0.2, 0.25) is 5.91 Å². The average molecular weight is 362 g/mol. The van der Waals surface area contributed by atoms with Gasteiger partial charge < -0.3 is 16.0 Å². The van der Waals surface area contributed by atoms with E-state index in [4.69, 9.17) is 0 Å². The molecule has 1 amide bonds. The Morgan fingerprint density at radius 3 is 2.77 bits per heavy atom. The molecule has 0 spiro atoms. The molecule has 130 valence electrons. The van der Waals surface area contributed by atoms with Crippen LogP contribution < -0.4 is 16.0 Å². The zero-order valence-corrected chi connectivity index (χ0v) is 14.8. The summed E-state index contributed by atoms with van der Waals surface area (Å²) >= 11 is 1.58. The zero-order chi connectivity index (χ0) is 17.5. The third-order valence-corrected chi connectivity index (χ3v) is 5.59. The van der Waals surface area contributed by atoms with E-state index in [0.29, 0.717) is 5.92 Å². The Balaban J connectivity index is 1.25. The number of benzene rings is 2. The molecule has 1 aliphatic heterocycles. The lowest BCUT2D eigenvalue weighted by Crippen LogP contribution is -2.14. The third-order valence-electron chi connectivity index (χ3n) is 4.99. The van der Waals surface area contributed by atoms with E-state index in [1.54, 1.807) is 11.3 Å². The summed E-state index contributed by atoms with van der Waals surface area (Å²) < 4.78 is 0. The highest BCUT2D eigenvalue weighted by molar-refractivity contribution is 7.07. The molecule has 1 aromatic heterocycles. The minimum absolute atomic E-state index is 0.0203. The van der Waals surface area contributed by atoms with Gasteiger partial charge >= 0.3 is 0 Å². The zero-order valence-electron chi connectivity index (χ0n) is 14.0. The predicted molar refractivity (Wildman–Crippen MR) is 104 cm³/mol. The molecule has 26 heavy (non-hydrogen) atoms. The van der Waals surface area contributed by atoms with E-state index in [9.17, 15) is 4.79 Å². The molecule has 1 saturated carbocycles. The van der Waals surface area contributed by atoms with Crippen LogP contribution in [0.5, 0.6) is 0 Å². The van der Waals surface area contributed by atoms with Crippen molar-refractivity contribution in [2.45, 2.75) is 18.5 Å². The number of rotatable bonds is 4. The predicted octanol–water partition coefficient (Wildman–Crippen LogP) is 4.42. The Morgan fingerprint density at radius 2 is 1.96 bits per heavy atom. The SMILES string of the molecule is O=C(Nc1ccc2c(c1)NC(c1cscn1)N2)C1CC1c1ccccc1. The van der Waals surface area contributed by atoms with Crippen molar-refractivity contribution in [2.75, 3.05) is 16.0 Å². The minimum atomic E-state index is -0.0203. The Hall–Kier alpha value is -2.86. The fourth-order valence-corrected chi connectivity index (χ4v) is 4.09. The van der Waals surface area contributed by atoms with E-state index in [1.807, 2.05) is 47.3 Å². The van der Waals surface area contributed by atoms with Gasteiger partial charge in [-0.1, -0.05) is 30.3 Å². The third kappa shape index (κ3) is 2.82. The molecular formula is C20H18N4OS. The van der Waals surface area contributed by atoms with E-state index in [-0.39, 0.29) is 18.0 Å². The van der Waals surface area contributed by atoms with E-state index in [2.05, 4.69) is 33.1 Å². The Labute approximate surface area is 155 Å². The Morgan fingerprint density at radius 1 is 1.12 bits per heavy atom. The summed E-state index contributed by atoms with van der Waals surface area (Å²) in [5, 5.41) is 11.9. The molecule has 0 saturated heterocycles. The normalized spacial score (nSPS) is 22.8. The van der Waals surface area contributed by atoms with Gasteiger partial charge in [-0.25, -0.2) is 4.98 Å². The number of nitrogens with zero attached hydrogens (tertiary/aromatic N) is 1. The number of amides is 1. The molecule has 0 bridgehead atoms. The molecule has 3 atom stereocenters. The van der Waals surface area contributed by atoms with Crippen molar-refractivity contribution in [1.29, 1.82) is 0 Å². The molecule has 1 aliphatic carbocycles. The van der Waals surface area contributed by atoms with Crippen molar-refractivity contribution in [3.8, 4) is 0 Å². The van der Waals surface area contributed by atoms with Gasteiger partial charge in [-0.05, 0) is 36.1 Å². The van der Waals surface area contributed by atoms with E-state index < -0.39 is 0 Å². The number of carbonyl (C=O) groups excluding carboxylic acids is 1. The first kappa shape index (κ1) is 15.4. The van der Waals surface area contributed by atoms with Crippen LogP contribution in [0.2, 0.25) is 0 Å². The average Bonchev–Trinajstić information content (AvgIpc) is 3.08. The fraction of sp³-hybridized carbons (Fsp3) is 0.200. The van der Waals surface area contributed by atoms with Crippen LogP contribution in [0.25, 0.3) is 0 Å². The number of fused-ring (bicyclic) bond motifs is 1. The van der Waals surface area contributed by atoms with Crippen molar-refractivity contribution in [2.24, 2.45) is 5.92 Å². The number of thiazole rings is 1. The van der Waals surface area contributed by atoms with Crippen LogP contribution in [0.4, 0.5) is 17.1 Å². The molecule has 2 aliphatic rings. The minimum Gasteiger partial charge on any atom is -0.359 e. The summed E-state index contributed by atoms with van der Waals surface area (Å²) in [5.41, 5.74) is 6.87. The Bertz CT molecular complexity index is 942. The van der Waals surface area contributed by atoms with Crippen molar-refractivity contribution in [3.05, 3.63) is 70.7 Å². The second-order valence-corrected chi connectivity index (χ2v) is 7.46. The van der Waals surface area contributed by atoms with Gasteiger partial charge in [0, 0.05) is 17.0 Å². The Kier molecular flexibility index (Phi) is 3.64. The monoisotopic (exact) mass is 362 g/mol. The maximum Gasteiger partial charge on any atom is 0.228 e. The van der Waals surface area contributed by atoms with Crippen molar-refractivity contribution >= 4 is 34.3 Å². The van der Waals surface area contributed by atoms with Crippen LogP contribution in [0.1, 0.15) is 29.8 Å². The van der Waals surface area contributed by atoms with Gasteiger partial charge in [-0.15, -0.1) is 11.3 Å². The first-order valence-corrected chi connectivity index (χ1v) is 9.63. The molecule has 0 radical (unpaired) electrons. The topological polar surface area (TPSA) is 66.0 Å². The molecule has 6 heteroatoms. The van der Waals surface area contributed by atoms with E-state index in [1.165, 1.54) is 5.56 Å². The summed E-state index contributed by atoms with van der Waals surface area (Å²) in [6.07, 6.45) is 0.903. The largest absolute Gasteiger partial charge is 0.359 e. The fourth-order valence-electron chi connectivity index (χ4n) is 3.52. The molecule has 3 aromatic rings. The standard InChI is InChI=1S/C20H18N4OS/c25-20(15-9-14(15)12-4-2-1-3-5-12)22-13-6-7-16-17(8-13)24-19(23-16)18-10-26-11-21-18/h1-8,10-11,14-15,19,23-24H,9H2,(H,22,25). The molecule has 5 nitrogen and oxygen atoms in total. The van der Waals surface area contributed by atoms with Crippen LogP contribution >= 0.6 is 11.3 Å². The number of aromatic nitrogens is 1. The van der Waals surface area contributed by atoms with Crippen LogP contribution in [0.15, 0.2) is 59.4 Å². The highest BCUT2D eigenvalue weighted by Gasteiger charge is 2.43. The van der Waals surface area contributed by atoms with Crippen molar-refractivity contribution in [3.63, 3.8) is 0 Å². The lowest BCUT2D eigenvalue weighted by molar-refractivity contribution is -0.117. The van der Waals surface area contributed by atoms with Crippen LogP contribution in [0, 0.1) is 5.92 Å². The van der Waals surface area contributed by atoms with Gasteiger partial charge in [-0.2, -0.15) is 0 Å². The maximum atomic E-state index is 12.6.